The van der Waals surface area contributed by atoms with Gasteiger partial charge in [0, 0.05) is 23.8 Å². The van der Waals surface area contributed by atoms with Crippen LogP contribution < -0.4 is 5.32 Å². The van der Waals surface area contributed by atoms with Gasteiger partial charge in [-0.3, -0.25) is 0 Å². The van der Waals surface area contributed by atoms with Gasteiger partial charge in [0.1, 0.15) is 6.33 Å². The highest BCUT2D eigenvalue weighted by atomic mass is 19.4. The molecule has 0 amide bonds. The van der Waals surface area contributed by atoms with Crippen molar-refractivity contribution in [2.75, 3.05) is 25.5 Å². The van der Waals surface area contributed by atoms with Crippen molar-refractivity contribution in [2.45, 2.75) is 51.1 Å². The molecule has 0 spiro atoms. The van der Waals surface area contributed by atoms with Gasteiger partial charge in [0.05, 0.1) is 11.3 Å². The second kappa shape index (κ2) is 10.5. The summed E-state index contributed by atoms with van der Waals surface area (Å²) in [6.07, 6.45) is 2.87. The highest BCUT2D eigenvalue weighted by Crippen LogP contribution is 2.33. The number of alkyl halides is 3. The van der Waals surface area contributed by atoms with E-state index in [1.165, 1.54) is 11.9 Å². The second-order valence-corrected chi connectivity index (χ2v) is 8.72. The van der Waals surface area contributed by atoms with Gasteiger partial charge in [-0.05, 0) is 81.4 Å². The Balaban J connectivity index is 1.50. The standard InChI is InChI=1S/C25H29F3N6/c1-3-17-14-29-16-31-22(17)8-9-23-21(25(26,27)28)15-30-24(33-23)32-20-6-4-18(5-7-20)19-10-12-34(2)13-11-19/h4-7,14-16,19H,3,8-13H2,1-2H3,(H,30,32,33). The molecule has 1 aliphatic rings. The summed E-state index contributed by atoms with van der Waals surface area (Å²) in [5.41, 5.74) is 2.82. The molecule has 1 aliphatic heterocycles. The topological polar surface area (TPSA) is 66.8 Å². The Hall–Kier alpha value is -3.07. The number of benzene rings is 1. The number of rotatable bonds is 7. The van der Waals surface area contributed by atoms with Crippen LogP contribution in [0.3, 0.4) is 0 Å². The Bertz CT molecular complexity index is 1090. The highest BCUT2D eigenvalue weighted by molar-refractivity contribution is 5.54. The Morgan fingerprint density at radius 3 is 2.38 bits per heavy atom. The maximum Gasteiger partial charge on any atom is 0.419 e. The minimum atomic E-state index is -4.52. The number of nitrogens with one attached hydrogen (secondary N) is 1. The summed E-state index contributed by atoms with van der Waals surface area (Å²) in [6.45, 7) is 4.14. The minimum absolute atomic E-state index is 0.0476. The zero-order chi connectivity index (χ0) is 24.1. The smallest absolute Gasteiger partial charge is 0.324 e. The molecule has 0 aliphatic carbocycles. The average Bonchev–Trinajstić information content (AvgIpc) is 2.83. The van der Waals surface area contributed by atoms with E-state index in [2.05, 4.69) is 49.3 Å². The molecule has 2 aromatic heterocycles. The first kappa shape index (κ1) is 24.1. The van der Waals surface area contributed by atoms with E-state index in [-0.39, 0.29) is 18.1 Å². The van der Waals surface area contributed by atoms with Crippen molar-refractivity contribution in [2.24, 2.45) is 0 Å². The molecule has 1 aromatic carbocycles. The lowest BCUT2D eigenvalue weighted by molar-refractivity contribution is -0.138. The molecule has 3 heterocycles. The van der Waals surface area contributed by atoms with Gasteiger partial charge in [-0.1, -0.05) is 19.1 Å². The molecule has 0 radical (unpaired) electrons. The fourth-order valence-corrected chi connectivity index (χ4v) is 4.36. The molecule has 180 valence electrons. The molecule has 1 N–H and O–H groups in total. The van der Waals surface area contributed by atoms with E-state index < -0.39 is 11.7 Å². The lowest BCUT2D eigenvalue weighted by atomic mass is 9.89. The Labute approximate surface area is 197 Å². The third-order valence-electron chi connectivity index (χ3n) is 6.39. The Morgan fingerprint density at radius 1 is 1.00 bits per heavy atom. The molecular formula is C25H29F3N6. The zero-order valence-corrected chi connectivity index (χ0v) is 19.4. The third-order valence-corrected chi connectivity index (χ3v) is 6.39. The molecule has 0 bridgehead atoms. The van der Waals surface area contributed by atoms with Crippen molar-refractivity contribution in [3.05, 3.63) is 71.1 Å². The van der Waals surface area contributed by atoms with Crippen LogP contribution in [0.5, 0.6) is 0 Å². The van der Waals surface area contributed by atoms with Crippen molar-refractivity contribution in [3.63, 3.8) is 0 Å². The van der Waals surface area contributed by atoms with Gasteiger partial charge in [-0.2, -0.15) is 13.2 Å². The number of nitrogens with zero attached hydrogens (tertiary/aromatic N) is 5. The normalized spacial score (nSPS) is 15.4. The monoisotopic (exact) mass is 470 g/mol. The summed E-state index contributed by atoms with van der Waals surface area (Å²) < 4.78 is 40.8. The van der Waals surface area contributed by atoms with Gasteiger partial charge < -0.3 is 10.2 Å². The molecular weight excluding hydrogens is 441 g/mol. The fraction of sp³-hybridized carbons (Fsp3) is 0.440. The number of likely N-dealkylation sites (tertiary alicyclic amines) is 1. The molecule has 0 unspecified atom stereocenters. The molecule has 3 aromatic rings. The molecule has 1 fully saturated rings. The predicted molar refractivity (Wildman–Crippen MR) is 125 cm³/mol. The Kier molecular flexibility index (Phi) is 7.41. The minimum Gasteiger partial charge on any atom is -0.324 e. The average molecular weight is 471 g/mol. The summed E-state index contributed by atoms with van der Waals surface area (Å²) >= 11 is 0. The summed E-state index contributed by atoms with van der Waals surface area (Å²) in [7, 11) is 2.14. The summed E-state index contributed by atoms with van der Waals surface area (Å²) in [5.74, 6) is 0.683. The van der Waals surface area contributed by atoms with Crippen LogP contribution in [0.1, 0.15) is 53.8 Å². The SMILES string of the molecule is CCc1cncnc1CCc1nc(Nc2ccc(C3CCN(C)CC3)cc2)ncc1C(F)(F)F. The van der Waals surface area contributed by atoms with E-state index in [0.717, 1.165) is 49.1 Å². The van der Waals surface area contributed by atoms with Gasteiger partial charge in [0.15, 0.2) is 0 Å². The van der Waals surface area contributed by atoms with Gasteiger partial charge in [0.25, 0.3) is 0 Å². The molecule has 4 rings (SSSR count). The number of halogens is 3. The van der Waals surface area contributed by atoms with Crippen LogP contribution in [0, 0.1) is 0 Å². The van der Waals surface area contributed by atoms with Crippen molar-refractivity contribution in [1.82, 2.24) is 24.8 Å². The Morgan fingerprint density at radius 2 is 1.71 bits per heavy atom. The number of hydrogen-bond acceptors (Lipinski definition) is 6. The van der Waals surface area contributed by atoms with Gasteiger partial charge in [-0.15, -0.1) is 0 Å². The van der Waals surface area contributed by atoms with Crippen LogP contribution >= 0.6 is 0 Å². The van der Waals surface area contributed by atoms with Gasteiger partial charge >= 0.3 is 6.18 Å². The molecule has 34 heavy (non-hydrogen) atoms. The zero-order valence-electron chi connectivity index (χ0n) is 19.4. The summed E-state index contributed by atoms with van der Waals surface area (Å²) in [5, 5.41) is 3.06. The second-order valence-electron chi connectivity index (χ2n) is 8.72. The maximum atomic E-state index is 13.6. The summed E-state index contributed by atoms with van der Waals surface area (Å²) in [6, 6.07) is 8.01. The maximum absolute atomic E-state index is 13.6. The fourth-order valence-electron chi connectivity index (χ4n) is 4.36. The van der Waals surface area contributed by atoms with Crippen LogP contribution in [0.25, 0.3) is 0 Å². The molecule has 0 saturated carbocycles. The third kappa shape index (κ3) is 5.88. The number of aryl methyl sites for hydroxylation is 3. The van der Waals surface area contributed by atoms with Gasteiger partial charge in [0.2, 0.25) is 5.95 Å². The van der Waals surface area contributed by atoms with Crippen molar-refractivity contribution in [1.29, 1.82) is 0 Å². The van der Waals surface area contributed by atoms with E-state index in [0.29, 0.717) is 18.8 Å². The first-order chi connectivity index (χ1) is 16.3. The molecule has 6 nitrogen and oxygen atoms in total. The first-order valence-electron chi connectivity index (χ1n) is 11.6. The van der Waals surface area contributed by atoms with Crippen LogP contribution in [-0.4, -0.2) is 45.0 Å². The van der Waals surface area contributed by atoms with Crippen molar-refractivity contribution < 1.29 is 13.2 Å². The quantitative estimate of drug-likeness (QED) is 0.513. The number of aromatic nitrogens is 4. The van der Waals surface area contributed by atoms with E-state index >= 15 is 0 Å². The highest BCUT2D eigenvalue weighted by Gasteiger charge is 2.35. The van der Waals surface area contributed by atoms with Crippen LogP contribution in [0.4, 0.5) is 24.8 Å². The van der Waals surface area contributed by atoms with E-state index in [9.17, 15) is 13.2 Å². The number of hydrogen-bond donors (Lipinski definition) is 1. The molecule has 9 heteroatoms. The van der Waals surface area contributed by atoms with Crippen molar-refractivity contribution in [3.8, 4) is 0 Å². The van der Waals surface area contributed by atoms with E-state index in [1.807, 2.05) is 19.1 Å². The van der Waals surface area contributed by atoms with Crippen LogP contribution in [-0.2, 0) is 25.4 Å². The van der Waals surface area contributed by atoms with E-state index in [1.54, 1.807) is 6.20 Å². The number of piperidine rings is 1. The summed E-state index contributed by atoms with van der Waals surface area (Å²) in [4.78, 5) is 18.7. The molecule has 0 atom stereocenters. The van der Waals surface area contributed by atoms with Crippen LogP contribution in [0.15, 0.2) is 43.0 Å². The van der Waals surface area contributed by atoms with Crippen molar-refractivity contribution >= 4 is 11.6 Å². The lowest BCUT2D eigenvalue weighted by Crippen LogP contribution is -2.29. The first-order valence-corrected chi connectivity index (χ1v) is 11.6. The van der Waals surface area contributed by atoms with Gasteiger partial charge in [-0.25, -0.2) is 19.9 Å². The van der Waals surface area contributed by atoms with Crippen LogP contribution in [0.2, 0.25) is 0 Å². The van der Waals surface area contributed by atoms with E-state index in [4.69, 9.17) is 0 Å². The molecule has 1 saturated heterocycles. The largest absolute Gasteiger partial charge is 0.419 e. The predicted octanol–water partition coefficient (Wildman–Crippen LogP) is 5.19. The lowest BCUT2D eigenvalue weighted by Gasteiger charge is -2.29. The number of anilines is 2.